The van der Waals surface area contributed by atoms with E-state index in [0.29, 0.717) is 18.8 Å². The van der Waals surface area contributed by atoms with E-state index in [0.717, 1.165) is 35.5 Å². The molecule has 0 aliphatic rings. The normalized spacial score (nSPS) is 10.9. The Labute approximate surface area is 155 Å². The van der Waals surface area contributed by atoms with Crippen molar-refractivity contribution in [2.45, 2.75) is 33.6 Å². The maximum absolute atomic E-state index is 12.3. The van der Waals surface area contributed by atoms with Crippen LogP contribution in [0, 0.1) is 6.92 Å². The molecule has 4 heteroatoms. The van der Waals surface area contributed by atoms with E-state index < -0.39 is 0 Å². The lowest BCUT2D eigenvalue weighted by molar-refractivity contribution is 0.104. The van der Waals surface area contributed by atoms with Gasteiger partial charge >= 0.3 is 0 Å². The summed E-state index contributed by atoms with van der Waals surface area (Å²) in [6, 6.07) is 10.0. The Morgan fingerprint density at radius 3 is 2.35 bits per heavy atom. The average Bonchev–Trinajstić information content (AvgIpc) is 2.65. The molecule has 2 aromatic rings. The van der Waals surface area contributed by atoms with Gasteiger partial charge in [-0.1, -0.05) is 19.9 Å². The first-order valence-electron chi connectivity index (χ1n) is 8.96. The molecule has 0 saturated carbocycles. The Morgan fingerprint density at radius 1 is 1.04 bits per heavy atom. The van der Waals surface area contributed by atoms with Gasteiger partial charge in [-0.3, -0.25) is 4.79 Å². The molecule has 0 heterocycles. The largest absolute Gasteiger partial charge is 0.508 e. The summed E-state index contributed by atoms with van der Waals surface area (Å²) in [5.74, 6) is 1.53. The molecule has 0 fully saturated rings. The highest BCUT2D eigenvalue weighted by molar-refractivity contribution is 6.07. The zero-order valence-corrected chi connectivity index (χ0v) is 15.6. The summed E-state index contributed by atoms with van der Waals surface area (Å²) >= 11 is 0. The van der Waals surface area contributed by atoms with Gasteiger partial charge in [-0.2, -0.15) is 0 Å². The first-order valence-corrected chi connectivity index (χ1v) is 8.96. The Bertz CT molecular complexity index is 760. The third-order valence-electron chi connectivity index (χ3n) is 3.87. The molecule has 1 N–H and O–H groups in total. The Kier molecular flexibility index (Phi) is 7.27. The summed E-state index contributed by atoms with van der Waals surface area (Å²) in [6.07, 6.45) is 5.15. The van der Waals surface area contributed by atoms with Gasteiger partial charge in [0.25, 0.3) is 0 Å². The number of phenolic OH excluding ortho intramolecular Hbond substituents is 1. The molecule has 0 atom stereocenters. The van der Waals surface area contributed by atoms with Gasteiger partial charge in [0.15, 0.2) is 5.78 Å². The van der Waals surface area contributed by atoms with E-state index in [1.165, 1.54) is 18.2 Å². The molecule has 0 aliphatic carbocycles. The van der Waals surface area contributed by atoms with Crippen LogP contribution in [0.25, 0.3) is 6.08 Å². The van der Waals surface area contributed by atoms with Crippen LogP contribution in [0.4, 0.5) is 0 Å². The molecule has 0 radical (unpaired) electrons. The van der Waals surface area contributed by atoms with Crippen LogP contribution in [0.5, 0.6) is 17.2 Å². The standard InChI is InChI=1S/C22H26O4/c1-4-12-25-20-14-18(16(3)22(15-20)26-13-5-2)8-11-21(24)17-6-9-19(23)10-7-17/h6-11,14-15,23H,4-5,12-13H2,1-3H3. The first kappa shape index (κ1) is 19.6. The van der Waals surface area contributed by atoms with Crippen LogP contribution >= 0.6 is 0 Å². The maximum Gasteiger partial charge on any atom is 0.185 e. The van der Waals surface area contributed by atoms with Crippen molar-refractivity contribution in [2.75, 3.05) is 13.2 Å². The van der Waals surface area contributed by atoms with Gasteiger partial charge in [0.1, 0.15) is 17.2 Å². The third-order valence-corrected chi connectivity index (χ3v) is 3.87. The van der Waals surface area contributed by atoms with Crippen molar-refractivity contribution < 1.29 is 19.4 Å². The fourth-order valence-electron chi connectivity index (χ4n) is 2.41. The fourth-order valence-corrected chi connectivity index (χ4v) is 2.41. The molecule has 0 bridgehead atoms. The van der Waals surface area contributed by atoms with E-state index in [1.807, 2.05) is 19.1 Å². The van der Waals surface area contributed by atoms with Crippen LogP contribution in [-0.2, 0) is 0 Å². The van der Waals surface area contributed by atoms with Crippen molar-refractivity contribution >= 4 is 11.9 Å². The number of allylic oxidation sites excluding steroid dienone is 1. The maximum atomic E-state index is 12.3. The minimum atomic E-state index is -0.125. The summed E-state index contributed by atoms with van der Waals surface area (Å²) in [5.41, 5.74) is 2.38. The highest BCUT2D eigenvalue weighted by Gasteiger charge is 2.09. The Morgan fingerprint density at radius 2 is 1.69 bits per heavy atom. The number of hydrogen-bond donors (Lipinski definition) is 1. The highest BCUT2D eigenvalue weighted by Crippen LogP contribution is 2.30. The van der Waals surface area contributed by atoms with E-state index >= 15 is 0 Å². The number of rotatable bonds is 9. The van der Waals surface area contributed by atoms with Gasteiger partial charge in [0.05, 0.1) is 13.2 Å². The molecule has 138 valence electrons. The number of hydrogen-bond acceptors (Lipinski definition) is 4. The SMILES string of the molecule is CCCOc1cc(C=CC(=O)c2ccc(O)cc2)c(C)c(OCCC)c1. The lowest BCUT2D eigenvalue weighted by Crippen LogP contribution is -2.01. The van der Waals surface area contributed by atoms with Crippen molar-refractivity contribution in [2.24, 2.45) is 0 Å². The second-order valence-corrected chi connectivity index (χ2v) is 6.08. The van der Waals surface area contributed by atoms with Crippen molar-refractivity contribution in [1.29, 1.82) is 0 Å². The quantitative estimate of drug-likeness (QED) is 0.498. The van der Waals surface area contributed by atoms with E-state index in [1.54, 1.807) is 18.2 Å². The third kappa shape index (κ3) is 5.38. The smallest absolute Gasteiger partial charge is 0.185 e. The van der Waals surface area contributed by atoms with Crippen molar-refractivity contribution in [1.82, 2.24) is 0 Å². The second-order valence-electron chi connectivity index (χ2n) is 6.08. The molecule has 0 aliphatic heterocycles. The van der Waals surface area contributed by atoms with Crippen molar-refractivity contribution in [3.8, 4) is 17.2 Å². The topological polar surface area (TPSA) is 55.8 Å². The number of ether oxygens (including phenoxy) is 2. The monoisotopic (exact) mass is 354 g/mol. The molecule has 26 heavy (non-hydrogen) atoms. The van der Waals surface area contributed by atoms with Crippen LogP contribution in [0.3, 0.4) is 0 Å². The van der Waals surface area contributed by atoms with Gasteiger partial charge in [-0.25, -0.2) is 0 Å². The number of carbonyl (C=O) groups is 1. The lowest BCUT2D eigenvalue weighted by atomic mass is 10.0. The summed E-state index contributed by atoms with van der Waals surface area (Å²) < 4.78 is 11.6. The van der Waals surface area contributed by atoms with Gasteiger partial charge in [0, 0.05) is 11.6 Å². The predicted octanol–water partition coefficient (Wildman–Crippen LogP) is 5.17. The zero-order chi connectivity index (χ0) is 18.9. The second kappa shape index (κ2) is 9.66. The molecular weight excluding hydrogens is 328 g/mol. The van der Waals surface area contributed by atoms with E-state index in [9.17, 15) is 9.90 Å². The van der Waals surface area contributed by atoms with Crippen LogP contribution in [0.15, 0.2) is 42.5 Å². The Hall–Kier alpha value is -2.75. The van der Waals surface area contributed by atoms with Crippen LogP contribution < -0.4 is 9.47 Å². The number of carbonyl (C=O) groups excluding carboxylic acids is 1. The Balaban J connectivity index is 2.27. The van der Waals surface area contributed by atoms with E-state index in [-0.39, 0.29) is 11.5 Å². The molecule has 0 unspecified atom stereocenters. The summed E-state index contributed by atoms with van der Waals surface area (Å²) in [5, 5.41) is 9.33. The molecule has 0 spiro atoms. The number of aromatic hydroxyl groups is 1. The molecular formula is C22H26O4. The lowest BCUT2D eigenvalue weighted by Gasteiger charge is -2.14. The summed E-state index contributed by atoms with van der Waals surface area (Å²) in [6.45, 7) is 7.35. The van der Waals surface area contributed by atoms with Crippen molar-refractivity contribution in [3.05, 3.63) is 59.2 Å². The van der Waals surface area contributed by atoms with E-state index in [2.05, 4.69) is 13.8 Å². The van der Waals surface area contributed by atoms with Crippen LogP contribution in [0.1, 0.15) is 48.2 Å². The van der Waals surface area contributed by atoms with Crippen LogP contribution in [-0.4, -0.2) is 24.1 Å². The van der Waals surface area contributed by atoms with Gasteiger partial charge in [0.2, 0.25) is 0 Å². The van der Waals surface area contributed by atoms with Gasteiger partial charge in [-0.15, -0.1) is 0 Å². The predicted molar refractivity (Wildman–Crippen MR) is 104 cm³/mol. The highest BCUT2D eigenvalue weighted by atomic mass is 16.5. The van der Waals surface area contributed by atoms with Gasteiger partial charge < -0.3 is 14.6 Å². The summed E-state index contributed by atoms with van der Waals surface area (Å²) in [4.78, 5) is 12.3. The minimum absolute atomic E-state index is 0.125. The van der Waals surface area contributed by atoms with E-state index in [4.69, 9.17) is 9.47 Å². The molecule has 0 saturated heterocycles. The number of benzene rings is 2. The van der Waals surface area contributed by atoms with Gasteiger partial charge in [-0.05, 0) is 67.3 Å². The average molecular weight is 354 g/mol. The molecule has 2 aromatic carbocycles. The van der Waals surface area contributed by atoms with Crippen LogP contribution in [0.2, 0.25) is 0 Å². The molecule has 0 aromatic heterocycles. The molecule has 0 amide bonds. The fraction of sp³-hybridized carbons (Fsp3) is 0.318. The molecule has 4 nitrogen and oxygen atoms in total. The summed E-state index contributed by atoms with van der Waals surface area (Å²) in [7, 11) is 0. The molecule has 2 rings (SSSR count). The zero-order valence-electron chi connectivity index (χ0n) is 15.6. The number of ketones is 1. The first-order chi connectivity index (χ1) is 12.5. The van der Waals surface area contributed by atoms with Crippen molar-refractivity contribution in [3.63, 3.8) is 0 Å². The minimum Gasteiger partial charge on any atom is -0.508 e. The number of phenols is 1.